The van der Waals surface area contributed by atoms with Crippen LogP contribution in [0.5, 0.6) is 5.75 Å². The molecule has 0 aliphatic rings. The molecule has 1 N–H and O–H groups in total. The summed E-state index contributed by atoms with van der Waals surface area (Å²) in [6.07, 6.45) is -0.0159. The molecule has 0 bridgehead atoms. The number of ether oxygens (including phenoxy) is 1. The summed E-state index contributed by atoms with van der Waals surface area (Å²) < 4.78 is 5.34. The van der Waals surface area contributed by atoms with Crippen LogP contribution in [0.15, 0.2) is 18.2 Å². The van der Waals surface area contributed by atoms with Gasteiger partial charge in [0, 0.05) is 10.4 Å². The minimum atomic E-state index is -0.850. The van der Waals surface area contributed by atoms with Crippen molar-refractivity contribution in [3.05, 3.63) is 33.6 Å². The van der Waals surface area contributed by atoms with Gasteiger partial charge >= 0.3 is 5.97 Å². The molecule has 0 fully saturated rings. The first kappa shape index (κ1) is 13.5. The molecule has 0 saturated heterocycles. The van der Waals surface area contributed by atoms with E-state index in [2.05, 4.69) is 4.98 Å². The fourth-order valence-electron chi connectivity index (χ4n) is 1.94. The van der Waals surface area contributed by atoms with Gasteiger partial charge in [0.15, 0.2) is 0 Å². The number of aryl methyl sites for hydroxylation is 2. The highest BCUT2D eigenvalue weighted by molar-refractivity contribution is 7.12. The van der Waals surface area contributed by atoms with E-state index in [1.165, 1.54) is 11.3 Å². The summed E-state index contributed by atoms with van der Waals surface area (Å²) in [5.74, 6) is -0.140. The van der Waals surface area contributed by atoms with Crippen molar-refractivity contribution >= 4 is 17.3 Å². The monoisotopic (exact) mass is 277 g/mol. The van der Waals surface area contributed by atoms with Crippen molar-refractivity contribution in [1.82, 2.24) is 4.98 Å². The largest absolute Gasteiger partial charge is 0.496 e. The summed E-state index contributed by atoms with van der Waals surface area (Å²) in [4.78, 5) is 16.1. The summed E-state index contributed by atoms with van der Waals surface area (Å²) in [6, 6.07) is 5.81. The Morgan fingerprint density at radius 1 is 1.42 bits per heavy atom. The summed E-state index contributed by atoms with van der Waals surface area (Å²) in [7, 11) is 1.60. The standard InChI is InChI=1S/C14H15NO3S/c1-8-4-5-11(18-3)10(6-8)14-12(7-13(16)17)19-9(2)15-14/h4-6H,7H2,1-3H3,(H,16,17). The van der Waals surface area contributed by atoms with Crippen LogP contribution in [0.1, 0.15) is 15.4 Å². The van der Waals surface area contributed by atoms with E-state index in [4.69, 9.17) is 9.84 Å². The van der Waals surface area contributed by atoms with Crippen molar-refractivity contribution in [2.45, 2.75) is 20.3 Å². The van der Waals surface area contributed by atoms with E-state index in [1.807, 2.05) is 32.0 Å². The van der Waals surface area contributed by atoms with Crippen molar-refractivity contribution in [2.24, 2.45) is 0 Å². The minimum Gasteiger partial charge on any atom is -0.496 e. The maximum absolute atomic E-state index is 10.9. The fourth-order valence-corrected chi connectivity index (χ4v) is 2.89. The smallest absolute Gasteiger partial charge is 0.308 e. The van der Waals surface area contributed by atoms with Crippen molar-refractivity contribution in [3.63, 3.8) is 0 Å². The molecule has 2 rings (SSSR count). The van der Waals surface area contributed by atoms with Gasteiger partial charge in [-0.1, -0.05) is 11.6 Å². The molecule has 0 saturated carbocycles. The lowest BCUT2D eigenvalue weighted by Gasteiger charge is -2.08. The van der Waals surface area contributed by atoms with E-state index in [1.54, 1.807) is 7.11 Å². The zero-order valence-electron chi connectivity index (χ0n) is 11.1. The Bertz CT molecular complexity index is 619. The maximum atomic E-state index is 10.9. The number of rotatable bonds is 4. The Balaban J connectivity index is 2.57. The summed E-state index contributed by atoms with van der Waals surface area (Å²) in [5.41, 5.74) is 2.65. The molecule has 1 aromatic carbocycles. The first-order chi connectivity index (χ1) is 9.01. The number of hydrogen-bond donors (Lipinski definition) is 1. The highest BCUT2D eigenvalue weighted by atomic mass is 32.1. The van der Waals surface area contributed by atoms with Crippen LogP contribution in [0, 0.1) is 13.8 Å². The molecular formula is C14H15NO3S. The SMILES string of the molecule is COc1ccc(C)cc1-c1nc(C)sc1CC(=O)O. The first-order valence-corrected chi connectivity index (χ1v) is 6.66. The van der Waals surface area contributed by atoms with Gasteiger partial charge < -0.3 is 9.84 Å². The van der Waals surface area contributed by atoms with Crippen LogP contribution in [-0.4, -0.2) is 23.2 Å². The molecule has 0 amide bonds. The second-order valence-corrected chi connectivity index (χ2v) is 5.57. The third-order valence-corrected chi connectivity index (χ3v) is 3.70. The average molecular weight is 277 g/mol. The predicted octanol–water partition coefficient (Wildman–Crippen LogP) is 3.06. The topological polar surface area (TPSA) is 59.4 Å². The number of methoxy groups -OCH3 is 1. The number of nitrogens with zero attached hydrogens (tertiary/aromatic N) is 1. The second-order valence-electron chi connectivity index (χ2n) is 4.28. The molecule has 2 aromatic rings. The number of thiazole rings is 1. The molecule has 0 atom stereocenters. The second kappa shape index (κ2) is 5.40. The maximum Gasteiger partial charge on any atom is 0.308 e. The predicted molar refractivity (Wildman–Crippen MR) is 74.9 cm³/mol. The molecule has 19 heavy (non-hydrogen) atoms. The number of aliphatic carboxylic acids is 1. The van der Waals surface area contributed by atoms with Gasteiger partial charge in [0.25, 0.3) is 0 Å². The number of aromatic nitrogens is 1. The van der Waals surface area contributed by atoms with Gasteiger partial charge in [-0.3, -0.25) is 4.79 Å². The Morgan fingerprint density at radius 2 is 2.16 bits per heavy atom. The Hall–Kier alpha value is -1.88. The number of carboxylic acids is 1. The van der Waals surface area contributed by atoms with E-state index >= 15 is 0 Å². The molecule has 0 unspecified atom stereocenters. The van der Waals surface area contributed by atoms with Crippen molar-refractivity contribution < 1.29 is 14.6 Å². The normalized spacial score (nSPS) is 10.5. The third kappa shape index (κ3) is 2.93. The number of benzene rings is 1. The Labute approximate surface area is 115 Å². The molecule has 100 valence electrons. The fraction of sp³-hybridized carbons (Fsp3) is 0.286. The summed E-state index contributed by atoms with van der Waals surface area (Å²) >= 11 is 1.42. The highest BCUT2D eigenvalue weighted by Gasteiger charge is 2.17. The van der Waals surface area contributed by atoms with Gasteiger partial charge in [-0.2, -0.15) is 0 Å². The quantitative estimate of drug-likeness (QED) is 0.933. The molecule has 0 spiro atoms. The zero-order valence-corrected chi connectivity index (χ0v) is 11.9. The van der Waals surface area contributed by atoms with Gasteiger partial charge in [-0.15, -0.1) is 11.3 Å². The lowest BCUT2D eigenvalue weighted by molar-refractivity contribution is -0.136. The van der Waals surface area contributed by atoms with Crippen molar-refractivity contribution in [2.75, 3.05) is 7.11 Å². The minimum absolute atomic E-state index is 0.0159. The van der Waals surface area contributed by atoms with E-state index in [0.29, 0.717) is 11.4 Å². The molecule has 1 heterocycles. The van der Waals surface area contributed by atoms with E-state index in [0.717, 1.165) is 21.0 Å². The molecule has 1 aromatic heterocycles. The zero-order chi connectivity index (χ0) is 14.0. The van der Waals surface area contributed by atoms with Gasteiger partial charge in [0.2, 0.25) is 0 Å². The number of hydrogen-bond acceptors (Lipinski definition) is 4. The van der Waals surface area contributed by atoms with Crippen molar-refractivity contribution in [3.8, 4) is 17.0 Å². The van der Waals surface area contributed by atoms with Crippen LogP contribution >= 0.6 is 11.3 Å². The van der Waals surface area contributed by atoms with Gasteiger partial charge in [0.1, 0.15) is 5.75 Å². The third-order valence-electron chi connectivity index (χ3n) is 2.73. The summed E-state index contributed by atoms with van der Waals surface area (Å²) in [6.45, 7) is 3.86. The van der Waals surface area contributed by atoms with Crippen LogP contribution in [-0.2, 0) is 11.2 Å². The van der Waals surface area contributed by atoms with Crippen LogP contribution < -0.4 is 4.74 Å². The van der Waals surface area contributed by atoms with Gasteiger partial charge in [-0.05, 0) is 26.0 Å². The van der Waals surface area contributed by atoms with E-state index in [-0.39, 0.29) is 6.42 Å². The first-order valence-electron chi connectivity index (χ1n) is 5.84. The molecule has 4 nitrogen and oxygen atoms in total. The lowest BCUT2D eigenvalue weighted by Crippen LogP contribution is -2.00. The van der Waals surface area contributed by atoms with Crippen LogP contribution in [0.25, 0.3) is 11.3 Å². The Kier molecular flexibility index (Phi) is 3.85. The highest BCUT2D eigenvalue weighted by Crippen LogP contribution is 2.35. The van der Waals surface area contributed by atoms with E-state index in [9.17, 15) is 4.79 Å². The van der Waals surface area contributed by atoms with Crippen LogP contribution in [0.3, 0.4) is 0 Å². The molecular weight excluding hydrogens is 262 g/mol. The van der Waals surface area contributed by atoms with Crippen molar-refractivity contribution in [1.29, 1.82) is 0 Å². The van der Waals surface area contributed by atoms with Crippen LogP contribution in [0.4, 0.5) is 0 Å². The lowest BCUT2D eigenvalue weighted by atomic mass is 10.1. The summed E-state index contributed by atoms with van der Waals surface area (Å²) in [5, 5.41) is 9.83. The number of carbonyl (C=O) groups is 1. The van der Waals surface area contributed by atoms with Gasteiger partial charge in [-0.25, -0.2) is 4.98 Å². The molecule has 0 aliphatic heterocycles. The molecule has 0 aliphatic carbocycles. The average Bonchev–Trinajstić information content (AvgIpc) is 2.69. The van der Waals surface area contributed by atoms with Crippen LogP contribution in [0.2, 0.25) is 0 Å². The van der Waals surface area contributed by atoms with E-state index < -0.39 is 5.97 Å². The molecule has 0 radical (unpaired) electrons. The Morgan fingerprint density at radius 3 is 2.79 bits per heavy atom. The molecule has 5 heteroatoms. The number of carboxylic acid groups (broad SMARTS) is 1. The van der Waals surface area contributed by atoms with Gasteiger partial charge in [0.05, 0.1) is 24.2 Å².